The summed E-state index contributed by atoms with van der Waals surface area (Å²) in [6.45, 7) is 7.16. The van der Waals surface area contributed by atoms with E-state index < -0.39 is 0 Å². The van der Waals surface area contributed by atoms with Crippen molar-refractivity contribution in [3.63, 3.8) is 0 Å². The molecule has 2 aromatic rings. The third-order valence-electron chi connectivity index (χ3n) is 4.73. The van der Waals surface area contributed by atoms with Crippen LogP contribution in [0.1, 0.15) is 30.3 Å². The van der Waals surface area contributed by atoms with Gasteiger partial charge in [-0.05, 0) is 37.7 Å². The Morgan fingerprint density at radius 3 is 2.56 bits per heavy atom. The predicted octanol–water partition coefficient (Wildman–Crippen LogP) is 2.69. The number of aromatic nitrogens is 2. The molecule has 0 saturated carbocycles. The second kappa shape index (κ2) is 9.32. The van der Waals surface area contributed by atoms with E-state index in [1.54, 1.807) is 6.07 Å². The first-order valence-corrected chi connectivity index (χ1v) is 9.56. The highest BCUT2D eigenvalue weighted by Crippen LogP contribution is 2.19. The van der Waals surface area contributed by atoms with Crippen molar-refractivity contribution in [3.8, 4) is 0 Å². The van der Waals surface area contributed by atoms with Crippen molar-refractivity contribution >= 4 is 23.1 Å². The van der Waals surface area contributed by atoms with Crippen molar-refractivity contribution in [2.24, 2.45) is 0 Å². The number of carbonyl (C=O) groups is 1. The van der Waals surface area contributed by atoms with Gasteiger partial charge in [0.25, 0.3) is 5.91 Å². The number of piperazine rings is 1. The molecule has 1 aliphatic heterocycles. The number of hydrogen-bond donors (Lipinski definition) is 2. The molecule has 0 atom stereocenters. The van der Waals surface area contributed by atoms with Crippen LogP contribution in [0.5, 0.6) is 0 Å². The number of nitrogens with zero attached hydrogens (tertiary/aromatic N) is 4. The molecular weight excluding hydrogens is 340 g/mol. The predicted molar refractivity (Wildman–Crippen MR) is 110 cm³/mol. The van der Waals surface area contributed by atoms with Gasteiger partial charge in [-0.1, -0.05) is 13.3 Å². The van der Waals surface area contributed by atoms with Crippen molar-refractivity contribution in [2.75, 3.05) is 55.3 Å². The van der Waals surface area contributed by atoms with E-state index in [9.17, 15) is 4.79 Å². The Morgan fingerprint density at radius 2 is 1.85 bits per heavy atom. The standard InChI is InChI=1S/C20H28N6O/c1-3-4-9-21-19-14-18(22-15-23-19)20(27)24-16-5-7-17(8-6-16)26-12-10-25(2)11-13-26/h5-8,14-15H,3-4,9-13H2,1-2H3,(H,24,27)(H,21,22,23). The van der Waals surface area contributed by atoms with Crippen molar-refractivity contribution < 1.29 is 4.79 Å². The summed E-state index contributed by atoms with van der Waals surface area (Å²) >= 11 is 0. The van der Waals surface area contributed by atoms with E-state index >= 15 is 0 Å². The molecule has 2 N–H and O–H groups in total. The highest BCUT2D eigenvalue weighted by Gasteiger charge is 2.14. The summed E-state index contributed by atoms with van der Waals surface area (Å²) in [4.78, 5) is 25.4. The molecule has 0 spiro atoms. The average Bonchev–Trinajstić information content (AvgIpc) is 2.70. The molecule has 3 rings (SSSR count). The van der Waals surface area contributed by atoms with Crippen LogP contribution in [0.4, 0.5) is 17.2 Å². The number of nitrogens with one attached hydrogen (secondary N) is 2. The largest absolute Gasteiger partial charge is 0.370 e. The maximum Gasteiger partial charge on any atom is 0.274 e. The molecule has 27 heavy (non-hydrogen) atoms. The molecule has 1 aromatic heterocycles. The number of anilines is 3. The van der Waals surface area contributed by atoms with Gasteiger partial charge in [-0.25, -0.2) is 9.97 Å². The quantitative estimate of drug-likeness (QED) is 0.732. The Hall–Kier alpha value is -2.67. The van der Waals surface area contributed by atoms with Crippen LogP contribution >= 0.6 is 0 Å². The fourth-order valence-corrected chi connectivity index (χ4v) is 2.99. The zero-order valence-electron chi connectivity index (χ0n) is 16.1. The minimum absolute atomic E-state index is 0.233. The lowest BCUT2D eigenvalue weighted by Gasteiger charge is -2.34. The van der Waals surface area contributed by atoms with Gasteiger partial charge in [0.15, 0.2) is 0 Å². The van der Waals surface area contributed by atoms with Crippen molar-refractivity contribution in [1.29, 1.82) is 0 Å². The van der Waals surface area contributed by atoms with Crippen LogP contribution in [-0.4, -0.2) is 60.5 Å². The van der Waals surface area contributed by atoms with Gasteiger partial charge in [0.1, 0.15) is 17.8 Å². The molecule has 144 valence electrons. The van der Waals surface area contributed by atoms with Gasteiger partial charge in [-0.15, -0.1) is 0 Å². The molecule has 7 nitrogen and oxygen atoms in total. The van der Waals surface area contributed by atoms with Crippen LogP contribution in [0, 0.1) is 0 Å². The molecular formula is C20H28N6O. The molecule has 1 saturated heterocycles. The van der Waals surface area contributed by atoms with Gasteiger partial charge in [0.05, 0.1) is 0 Å². The topological polar surface area (TPSA) is 73.4 Å². The summed E-state index contributed by atoms with van der Waals surface area (Å²) in [5, 5.41) is 6.12. The molecule has 1 fully saturated rings. The van der Waals surface area contributed by atoms with Crippen LogP contribution in [-0.2, 0) is 0 Å². The molecule has 0 aliphatic carbocycles. The number of amides is 1. The Balaban J connectivity index is 1.58. The number of carbonyl (C=O) groups excluding carboxylic acids is 1. The third-order valence-corrected chi connectivity index (χ3v) is 4.73. The van der Waals surface area contributed by atoms with Crippen LogP contribution in [0.2, 0.25) is 0 Å². The summed E-state index contributed by atoms with van der Waals surface area (Å²) in [5.41, 5.74) is 2.30. The lowest BCUT2D eigenvalue weighted by molar-refractivity contribution is 0.102. The maximum atomic E-state index is 12.5. The van der Waals surface area contributed by atoms with Gasteiger partial charge in [0, 0.05) is 50.2 Å². The van der Waals surface area contributed by atoms with Crippen LogP contribution in [0.15, 0.2) is 36.7 Å². The average molecular weight is 368 g/mol. The molecule has 0 unspecified atom stereocenters. The van der Waals surface area contributed by atoms with Gasteiger partial charge >= 0.3 is 0 Å². The third kappa shape index (κ3) is 5.40. The Bertz CT molecular complexity index is 740. The van der Waals surface area contributed by atoms with Crippen LogP contribution in [0.3, 0.4) is 0 Å². The minimum atomic E-state index is -0.233. The lowest BCUT2D eigenvalue weighted by Crippen LogP contribution is -2.44. The molecule has 1 amide bonds. The number of hydrogen-bond acceptors (Lipinski definition) is 6. The fourth-order valence-electron chi connectivity index (χ4n) is 2.99. The maximum absolute atomic E-state index is 12.5. The first-order valence-electron chi connectivity index (χ1n) is 9.56. The summed E-state index contributed by atoms with van der Waals surface area (Å²) < 4.78 is 0. The highest BCUT2D eigenvalue weighted by molar-refractivity contribution is 6.03. The smallest absolute Gasteiger partial charge is 0.274 e. The lowest BCUT2D eigenvalue weighted by atomic mass is 10.2. The van der Waals surface area contributed by atoms with Crippen molar-refractivity contribution in [1.82, 2.24) is 14.9 Å². The van der Waals surface area contributed by atoms with Gasteiger partial charge in [-0.3, -0.25) is 4.79 Å². The molecule has 2 heterocycles. The summed E-state index contributed by atoms with van der Waals surface area (Å²) in [6.07, 6.45) is 3.58. The molecule has 0 radical (unpaired) electrons. The zero-order chi connectivity index (χ0) is 19.1. The summed E-state index contributed by atoms with van der Waals surface area (Å²) in [6, 6.07) is 9.67. The molecule has 1 aliphatic rings. The molecule has 7 heteroatoms. The van der Waals surface area contributed by atoms with E-state index in [-0.39, 0.29) is 5.91 Å². The van der Waals surface area contributed by atoms with Crippen molar-refractivity contribution in [2.45, 2.75) is 19.8 Å². The molecule has 1 aromatic carbocycles. The van der Waals surface area contributed by atoms with Gasteiger partial charge in [-0.2, -0.15) is 0 Å². The monoisotopic (exact) mass is 368 g/mol. The number of unbranched alkanes of at least 4 members (excludes halogenated alkanes) is 1. The Labute approximate surface area is 160 Å². The van der Waals surface area contributed by atoms with E-state index in [1.165, 1.54) is 12.0 Å². The second-order valence-corrected chi connectivity index (χ2v) is 6.86. The van der Waals surface area contributed by atoms with E-state index in [1.807, 2.05) is 12.1 Å². The van der Waals surface area contributed by atoms with E-state index in [0.29, 0.717) is 11.5 Å². The number of benzene rings is 1. The minimum Gasteiger partial charge on any atom is -0.370 e. The summed E-state index contributed by atoms with van der Waals surface area (Å²) in [5.74, 6) is 0.442. The van der Waals surface area contributed by atoms with Gasteiger partial charge < -0.3 is 20.4 Å². The summed E-state index contributed by atoms with van der Waals surface area (Å²) in [7, 11) is 2.15. The molecule has 0 bridgehead atoms. The first kappa shape index (κ1) is 19.1. The SMILES string of the molecule is CCCCNc1cc(C(=O)Nc2ccc(N3CCN(C)CC3)cc2)ncn1. The Morgan fingerprint density at radius 1 is 1.11 bits per heavy atom. The number of rotatable bonds is 7. The first-order chi connectivity index (χ1) is 13.2. The van der Waals surface area contributed by atoms with Crippen LogP contribution in [0.25, 0.3) is 0 Å². The second-order valence-electron chi connectivity index (χ2n) is 6.86. The van der Waals surface area contributed by atoms with E-state index in [2.05, 4.69) is 56.5 Å². The zero-order valence-corrected chi connectivity index (χ0v) is 16.1. The van der Waals surface area contributed by atoms with E-state index in [0.717, 1.165) is 51.3 Å². The normalized spacial score (nSPS) is 14.8. The van der Waals surface area contributed by atoms with Crippen LogP contribution < -0.4 is 15.5 Å². The van der Waals surface area contributed by atoms with Crippen molar-refractivity contribution in [3.05, 3.63) is 42.4 Å². The number of likely N-dealkylation sites (N-methyl/N-ethyl adjacent to an activating group) is 1. The fraction of sp³-hybridized carbons (Fsp3) is 0.450. The highest BCUT2D eigenvalue weighted by atomic mass is 16.1. The Kier molecular flexibility index (Phi) is 6.59. The van der Waals surface area contributed by atoms with Gasteiger partial charge in [0.2, 0.25) is 0 Å². The van der Waals surface area contributed by atoms with E-state index in [4.69, 9.17) is 0 Å².